The molecule has 1 rings (SSSR count). The molecule has 16 heavy (non-hydrogen) atoms. The van der Waals surface area contributed by atoms with Gasteiger partial charge in [-0.25, -0.2) is 0 Å². The van der Waals surface area contributed by atoms with Gasteiger partial charge in [0.1, 0.15) is 0 Å². The van der Waals surface area contributed by atoms with Gasteiger partial charge in [0.25, 0.3) is 0 Å². The molecule has 5 heteroatoms. The summed E-state index contributed by atoms with van der Waals surface area (Å²) in [6.07, 6.45) is 0. The van der Waals surface area contributed by atoms with Crippen molar-refractivity contribution in [1.29, 1.82) is 0 Å². The van der Waals surface area contributed by atoms with E-state index in [9.17, 15) is 0 Å². The van der Waals surface area contributed by atoms with Crippen molar-refractivity contribution >= 4 is 12.4 Å². The summed E-state index contributed by atoms with van der Waals surface area (Å²) in [4.78, 5) is 0. The van der Waals surface area contributed by atoms with Crippen LogP contribution in [0, 0.1) is 6.92 Å². The summed E-state index contributed by atoms with van der Waals surface area (Å²) in [5.74, 6) is 5.06. The average molecular weight is 275 g/mol. The number of rotatable bonds is 0. The first-order valence-electron chi connectivity index (χ1n) is 4.45. The standard InChI is InChI=1S/C7H8.C4H12N2.2ClH.Na/c1-7-5-3-2-4-6-7;1-4(2,3)6-5;;;/h2-6H,1H3;6H,5H2,1-3H3;2*1H;/q;;;;+1/p-1. The Kier molecular flexibility index (Phi) is 22.0. The van der Waals surface area contributed by atoms with Gasteiger partial charge >= 0.3 is 29.6 Å². The molecule has 0 amide bonds. The van der Waals surface area contributed by atoms with Crippen LogP contribution in [0.1, 0.15) is 26.3 Å². The maximum absolute atomic E-state index is 5.06. The van der Waals surface area contributed by atoms with Crippen LogP contribution < -0.4 is 53.2 Å². The smallest absolute Gasteiger partial charge is 1.00 e. The first kappa shape index (κ1) is 25.5. The molecule has 1 aromatic carbocycles. The molecule has 2 nitrogen and oxygen atoms in total. The van der Waals surface area contributed by atoms with Gasteiger partial charge in [0.15, 0.2) is 0 Å². The van der Waals surface area contributed by atoms with Crippen molar-refractivity contribution in [1.82, 2.24) is 5.43 Å². The summed E-state index contributed by atoms with van der Waals surface area (Å²) in [6.45, 7) is 8.10. The van der Waals surface area contributed by atoms with Crippen molar-refractivity contribution in [3.05, 3.63) is 35.9 Å². The Balaban J connectivity index is -0.0000000767. The molecule has 90 valence electrons. The summed E-state index contributed by atoms with van der Waals surface area (Å²) >= 11 is 0. The third kappa shape index (κ3) is 20.2. The molecule has 0 spiro atoms. The van der Waals surface area contributed by atoms with E-state index >= 15 is 0 Å². The van der Waals surface area contributed by atoms with Gasteiger partial charge < -0.3 is 12.4 Å². The van der Waals surface area contributed by atoms with Gasteiger partial charge in [-0.1, -0.05) is 35.9 Å². The molecule has 0 saturated heterocycles. The van der Waals surface area contributed by atoms with Crippen molar-refractivity contribution in [3.8, 4) is 0 Å². The second-order valence-electron chi connectivity index (χ2n) is 4.05. The largest absolute Gasteiger partial charge is 1.00 e. The number of nitrogens with two attached hydrogens (primary N) is 1. The third-order valence-electron chi connectivity index (χ3n) is 1.37. The SMILES string of the molecule is CC(C)(C)NN.Cc1ccccc1.Cl.[Cl-].[Na+]. The summed E-state index contributed by atoms with van der Waals surface area (Å²) < 4.78 is 0. The molecule has 0 aliphatic rings. The van der Waals surface area contributed by atoms with Crippen LogP contribution in [0.25, 0.3) is 0 Å². The molecule has 0 aliphatic heterocycles. The number of hydrogen-bond acceptors (Lipinski definition) is 2. The van der Waals surface area contributed by atoms with Crippen LogP contribution in [-0.4, -0.2) is 5.54 Å². The Morgan fingerprint density at radius 2 is 1.38 bits per heavy atom. The van der Waals surface area contributed by atoms with Gasteiger partial charge in [0.2, 0.25) is 0 Å². The quantitative estimate of drug-likeness (QED) is 0.295. The number of benzene rings is 1. The molecule has 3 N–H and O–H groups in total. The minimum absolute atomic E-state index is 0. The monoisotopic (exact) mass is 274 g/mol. The fourth-order valence-corrected chi connectivity index (χ4v) is 0.534. The Labute approximate surface area is 134 Å². The topological polar surface area (TPSA) is 38.0 Å². The number of halogens is 2. The van der Waals surface area contributed by atoms with Gasteiger partial charge in [-0.2, -0.15) is 0 Å². The molecule has 0 heterocycles. The molecule has 1 aromatic rings. The second-order valence-corrected chi connectivity index (χ2v) is 4.05. The van der Waals surface area contributed by atoms with Gasteiger partial charge in [0.05, 0.1) is 0 Å². The summed E-state index contributed by atoms with van der Waals surface area (Å²) in [5.41, 5.74) is 4.00. The maximum Gasteiger partial charge on any atom is 1.00 e. The van der Waals surface area contributed by atoms with E-state index in [4.69, 9.17) is 5.84 Å². The van der Waals surface area contributed by atoms with E-state index in [1.54, 1.807) is 0 Å². The van der Waals surface area contributed by atoms with Crippen LogP contribution in [0.4, 0.5) is 0 Å². The Morgan fingerprint density at radius 3 is 1.50 bits per heavy atom. The number of nitrogens with one attached hydrogen (secondary N) is 1. The third-order valence-corrected chi connectivity index (χ3v) is 1.37. The minimum atomic E-state index is 0. The van der Waals surface area contributed by atoms with Crippen LogP contribution in [-0.2, 0) is 0 Å². The van der Waals surface area contributed by atoms with E-state index in [0.29, 0.717) is 0 Å². The molecule has 0 fully saturated rings. The Morgan fingerprint density at radius 1 is 1.06 bits per heavy atom. The summed E-state index contributed by atoms with van der Waals surface area (Å²) in [5, 5.41) is 0. The van der Waals surface area contributed by atoms with Crippen molar-refractivity contribution in [3.63, 3.8) is 0 Å². The molecule has 0 unspecified atom stereocenters. The van der Waals surface area contributed by atoms with Crippen LogP contribution >= 0.6 is 12.4 Å². The predicted octanol–water partition coefficient (Wildman–Crippen LogP) is -3.33. The fourth-order valence-electron chi connectivity index (χ4n) is 0.534. The van der Waals surface area contributed by atoms with E-state index in [1.165, 1.54) is 5.56 Å². The zero-order valence-corrected chi connectivity index (χ0v) is 14.3. The first-order chi connectivity index (χ1) is 5.95. The normalized spacial score (nSPS) is 8.31. The zero-order valence-electron chi connectivity index (χ0n) is 10.8. The first-order valence-corrected chi connectivity index (χ1v) is 4.45. The average Bonchev–Trinajstić information content (AvgIpc) is 2.06. The number of hydrogen-bond donors (Lipinski definition) is 2. The molecule has 0 saturated carbocycles. The summed E-state index contributed by atoms with van der Waals surface area (Å²) in [6, 6.07) is 10.3. The maximum atomic E-state index is 5.06. The van der Waals surface area contributed by atoms with Crippen LogP contribution in [0.5, 0.6) is 0 Å². The molecule has 0 radical (unpaired) electrons. The van der Waals surface area contributed by atoms with Crippen LogP contribution in [0.15, 0.2) is 30.3 Å². The van der Waals surface area contributed by atoms with E-state index in [-0.39, 0.29) is 59.9 Å². The van der Waals surface area contributed by atoms with E-state index in [1.807, 2.05) is 39.0 Å². The van der Waals surface area contributed by atoms with Crippen molar-refractivity contribution in [2.45, 2.75) is 33.2 Å². The molecule has 0 bridgehead atoms. The van der Waals surface area contributed by atoms with Crippen LogP contribution in [0.3, 0.4) is 0 Å². The molecule has 0 atom stereocenters. The summed E-state index contributed by atoms with van der Waals surface area (Å²) in [7, 11) is 0. The zero-order chi connectivity index (χ0) is 10.3. The van der Waals surface area contributed by atoms with Crippen molar-refractivity contribution in [2.75, 3.05) is 0 Å². The fraction of sp³-hybridized carbons (Fsp3) is 0.455. The van der Waals surface area contributed by atoms with E-state index in [2.05, 4.69) is 24.5 Å². The Hall–Kier alpha value is 0.720. The van der Waals surface area contributed by atoms with Gasteiger partial charge in [-0.3, -0.25) is 11.3 Å². The molecular formula is C11H21Cl2N2Na. The van der Waals surface area contributed by atoms with Gasteiger partial charge in [0, 0.05) is 5.54 Å². The second kappa shape index (κ2) is 13.8. The van der Waals surface area contributed by atoms with Crippen LogP contribution in [0.2, 0.25) is 0 Å². The van der Waals surface area contributed by atoms with E-state index < -0.39 is 0 Å². The number of hydrazine groups is 1. The van der Waals surface area contributed by atoms with Crippen molar-refractivity contribution < 1.29 is 42.0 Å². The van der Waals surface area contributed by atoms with E-state index in [0.717, 1.165) is 0 Å². The molecule has 0 aromatic heterocycles. The molecular weight excluding hydrogens is 254 g/mol. The van der Waals surface area contributed by atoms with Gasteiger partial charge in [-0.15, -0.1) is 12.4 Å². The van der Waals surface area contributed by atoms with Crippen molar-refractivity contribution in [2.24, 2.45) is 5.84 Å². The number of aryl methyl sites for hydroxylation is 1. The predicted molar refractivity (Wildman–Crippen MR) is 65.5 cm³/mol. The Bertz CT molecular complexity index is 225. The molecule has 0 aliphatic carbocycles. The minimum Gasteiger partial charge on any atom is -1.00 e. The van der Waals surface area contributed by atoms with Gasteiger partial charge in [-0.05, 0) is 27.7 Å².